The van der Waals surface area contributed by atoms with Gasteiger partial charge in [0, 0.05) is 18.3 Å². The van der Waals surface area contributed by atoms with Gasteiger partial charge in [0.2, 0.25) is 0 Å². The first kappa shape index (κ1) is 15.8. The van der Waals surface area contributed by atoms with Crippen LogP contribution in [0.4, 0.5) is 10.5 Å². The molecule has 1 fully saturated rings. The Hall–Kier alpha value is -1.59. The number of likely N-dealkylation sites (tertiary alicyclic amines) is 1. The minimum atomic E-state index is -0.492. The van der Waals surface area contributed by atoms with E-state index >= 15 is 0 Å². The molecule has 0 aromatic heterocycles. The Balaban J connectivity index is 1.77. The van der Waals surface area contributed by atoms with E-state index < -0.39 is 6.10 Å². The van der Waals surface area contributed by atoms with Gasteiger partial charge in [0.1, 0.15) is 0 Å². The highest BCUT2D eigenvalue weighted by atomic mass is 16.3. The van der Waals surface area contributed by atoms with Gasteiger partial charge in [-0.2, -0.15) is 0 Å². The number of urea groups is 1. The Kier molecular flexibility index (Phi) is 5.59. The Morgan fingerprint density at radius 1 is 1.24 bits per heavy atom. The average Bonchev–Trinajstić information content (AvgIpc) is 2.91. The van der Waals surface area contributed by atoms with Gasteiger partial charge in [0.05, 0.1) is 6.10 Å². The van der Waals surface area contributed by atoms with Crippen molar-refractivity contribution in [2.24, 2.45) is 0 Å². The second-order valence-corrected chi connectivity index (χ2v) is 5.81. The lowest BCUT2D eigenvalue weighted by Crippen LogP contribution is -2.42. The van der Waals surface area contributed by atoms with E-state index in [2.05, 4.69) is 15.5 Å². The van der Waals surface area contributed by atoms with Crippen LogP contribution in [-0.2, 0) is 0 Å². The van der Waals surface area contributed by atoms with Gasteiger partial charge < -0.3 is 20.6 Å². The summed E-state index contributed by atoms with van der Waals surface area (Å²) in [5.41, 5.74) is 1.56. The molecule has 0 bridgehead atoms. The van der Waals surface area contributed by atoms with Crippen molar-refractivity contribution in [3.8, 4) is 0 Å². The Morgan fingerprint density at radius 2 is 1.86 bits per heavy atom. The van der Waals surface area contributed by atoms with E-state index in [-0.39, 0.29) is 12.1 Å². The highest BCUT2D eigenvalue weighted by Crippen LogP contribution is 2.15. The second-order valence-electron chi connectivity index (χ2n) is 5.81. The number of aliphatic hydroxyl groups excluding tert-OH is 1. The van der Waals surface area contributed by atoms with Gasteiger partial charge in [-0.05, 0) is 57.5 Å². The molecular formula is C16H25N3O2. The zero-order chi connectivity index (χ0) is 15.2. The molecule has 2 rings (SSSR count). The summed E-state index contributed by atoms with van der Waals surface area (Å²) >= 11 is 0. The summed E-state index contributed by atoms with van der Waals surface area (Å²) in [6.45, 7) is 6.90. The quantitative estimate of drug-likeness (QED) is 0.780. The number of rotatable bonds is 5. The minimum Gasteiger partial charge on any atom is -0.389 e. The molecule has 116 valence electrons. The minimum absolute atomic E-state index is 0.125. The van der Waals surface area contributed by atoms with E-state index in [1.54, 1.807) is 19.1 Å². The normalized spacial score (nSPS) is 18.2. The van der Waals surface area contributed by atoms with Gasteiger partial charge in [0.25, 0.3) is 0 Å². The molecule has 21 heavy (non-hydrogen) atoms. The second kappa shape index (κ2) is 7.43. The lowest BCUT2D eigenvalue weighted by molar-refractivity contribution is 0.199. The molecular weight excluding hydrogens is 266 g/mol. The molecule has 3 N–H and O–H groups in total. The number of carbonyl (C=O) groups excluding carboxylic acids is 1. The van der Waals surface area contributed by atoms with Crippen LogP contribution in [0.1, 0.15) is 38.4 Å². The van der Waals surface area contributed by atoms with Crippen LogP contribution >= 0.6 is 0 Å². The summed E-state index contributed by atoms with van der Waals surface area (Å²) in [7, 11) is 0. The number of amides is 2. The molecule has 0 radical (unpaired) electrons. The molecule has 2 unspecified atom stereocenters. The number of hydrogen-bond donors (Lipinski definition) is 3. The maximum atomic E-state index is 11.9. The predicted octanol–water partition coefficient (Wildman–Crippen LogP) is 2.35. The van der Waals surface area contributed by atoms with E-state index in [0.717, 1.165) is 30.9 Å². The first-order valence-electron chi connectivity index (χ1n) is 7.62. The number of carbonyl (C=O) groups is 1. The molecule has 0 saturated carbocycles. The topological polar surface area (TPSA) is 64.6 Å². The molecule has 1 saturated heterocycles. The van der Waals surface area contributed by atoms with E-state index in [0.29, 0.717) is 0 Å². The number of nitrogens with one attached hydrogen (secondary N) is 2. The number of anilines is 1. The third-order valence-electron chi connectivity index (χ3n) is 3.76. The first-order valence-corrected chi connectivity index (χ1v) is 7.62. The highest BCUT2D eigenvalue weighted by Gasteiger charge is 2.15. The van der Waals surface area contributed by atoms with E-state index in [1.165, 1.54) is 12.8 Å². The number of aliphatic hydroxyl groups is 1. The maximum absolute atomic E-state index is 11.9. The van der Waals surface area contributed by atoms with E-state index in [1.807, 2.05) is 19.1 Å². The van der Waals surface area contributed by atoms with Gasteiger partial charge in [-0.15, -0.1) is 0 Å². The lowest BCUT2D eigenvalue weighted by Gasteiger charge is -2.21. The fraction of sp³-hybridized carbons (Fsp3) is 0.562. The van der Waals surface area contributed by atoms with Gasteiger partial charge in [-0.25, -0.2) is 4.79 Å². The number of hydrogen-bond acceptors (Lipinski definition) is 3. The summed E-state index contributed by atoms with van der Waals surface area (Å²) in [4.78, 5) is 14.3. The van der Waals surface area contributed by atoms with Crippen LogP contribution < -0.4 is 10.6 Å². The van der Waals surface area contributed by atoms with Crippen LogP contribution in [0.5, 0.6) is 0 Å². The zero-order valence-corrected chi connectivity index (χ0v) is 12.8. The largest absolute Gasteiger partial charge is 0.389 e. The van der Waals surface area contributed by atoms with Crippen LogP contribution in [0, 0.1) is 0 Å². The molecule has 0 aliphatic carbocycles. The van der Waals surface area contributed by atoms with Crippen molar-refractivity contribution < 1.29 is 9.90 Å². The van der Waals surface area contributed by atoms with Crippen molar-refractivity contribution >= 4 is 11.7 Å². The third kappa shape index (κ3) is 5.02. The molecule has 1 aromatic carbocycles. The number of nitrogens with zero attached hydrogens (tertiary/aromatic N) is 1. The molecule has 0 spiro atoms. The first-order chi connectivity index (χ1) is 10.0. The fourth-order valence-corrected chi connectivity index (χ4v) is 2.63. The molecule has 1 aliphatic rings. The van der Waals surface area contributed by atoms with Crippen molar-refractivity contribution in [2.75, 3.05) is 25.0 Å². The van der Waals surface area contributed by atoms with Crippen LogP contribution in [0.2, 0.25) is 0 Å². The predicted molar refractivity (Wildman–Crippen MR) is 84.4 cm³/mol. The van der Waals surface area contributed by atoms with Crippen molar-refractivity contribution in [2.45, 2.75) is 38.8 Å². The van der Waals surface area contributed by atoms with E-state index in [4.69, 9.17) is 0 Å². The molecule has 1 aromatic rings. The van der Waals surface area contributed by atoms with Gasteiger partial charge >= 0.3 is 6.03 Å². The molecule has 2 amide bonds. The smallest absolute Gasteiger partial charge is 0.319 e. The third-order valence-corrected chi connectivity index (χ3v) is 3.76. The summed E-state index contributed by atoms with van der Waals surface area (Å²) in [6.07, 6.45) is 2.02. The van der Waals surface area contributed by atoms with Gasteiger partial charge in [0.15, 0.2) is 0 Å². The molecule has 1 aliphatic heterocycles. The summed E-state index contributed by atoms with van der Waals surface area (Å²) in [5, 5.41) is 15.2. The number of benzene rings is 1. The summed E-state index contributed by atoms with van der Waals surface area (Å²) < 4.78 is 0. The Bertz CT molecular complexity index is 453. The maximum Gasteiger partial charge on any atom is 0.319 e. The van der Waals surface area contributed by atoms with Crippen molar-refractivity contribution in [1.29, 1.82) is 0 Å². The zero-order valence-electron chi connectivity index (χ0n) is 12.8. The summed E-state index contributed by atoms with van der Waals surface area (Å²) in [6, 6.07) is 7.16. The molecule has 2 atom stereocenters. The fourth-order valence-electron chi connectivity index (χ4n) is 2.63. The van der Waals surface area contributed by atoms with Gasteiger partial charge in [-0.3, -0.25) is 0 Å². The Labute approximate surface area is 126 Å². The summed E-state index contributed by atoms with van der Waals surface area (Å²) in [5.74, 6) is 0. The molecule has 5 nitrogen and oxygen atoms in total. The van der Waals surface area contributed by atoms with E-state index in [9.17, 15) is 9.90 Å². The standard InChI is InChI=1S/C16H25N3O2/c1-12(11-19-9-3-4-10-19)17-16(21)18-15-7-5-14(6-8-15)13(2)20/h5-8,12-13,20H,3-4,9-11H2,1-2H3,(H2,17,18,21). The van der Waals surface area contributed by atoms with Crippen LogP contribution in [0.15, 0.2) is 24.3 Å². The van der Waals surface area contributed by atoms with Crippen molar-refractivity contribution in [3.63, 3.8) is 0 Å². The average molecular weight is 291 g/mol. The monoisotopic (exact) mass is 291 g/mol. The van der Waals surface area contributed by atoms with Crippen LogP contribution in [0.25, 0.3) is 0 Å². The SMILES string of the molecule is CC(CN1CCCC1)NC(=O)Nc1ccc(C(C)O)cc1. The Morgan fingerprint density at radius 3 is 2.43 bits per heavy atom. The lowest BCUT2D eigenvalue weighted by atomic mass is 10.1. The van der Waals surface area contributed by atoms with Gasteiger partial charge in [-0.1, -0.05) is 12.1 Å². The van der Waals surface area contributed by atoms with Crippen molar-refractivity contribution in [1.82, 2.24) is 10.2 Å². The molecule has 1 heterocycles. The van der Waals surface area contributed by atoms with Crippen LogP contribution in [-0.4, -0.2) is 41.7 Å². The highest BCUT2D eigenvalue weighted by molar-refractivity contribution is 5.89. The molecule has 5 heteroatoms. The van der Waals surface area contributed by atoms with Crippen LogP contribution in [0.3, 0.4) is 0 Å². The van der Waals surface area contributed by atoms with Crippen molar-refractivity contribution in [3.05, 3.63) is 29.8 Å².